The summed E-state index contributed by atoms with van der Waals surface area (Å²) in [6, 6.07) is 1.11. The molecule has 0 saturated carbocycles. The molecule has 0 spiro atoms. The molecule has 1 atom stereocenters. The van der Waals surface area contributed by atoms with Gasteiger partial charge in [-0.2, -0.15) is 13.2 Å². The van der Waals surface area contributed by atoms with Gasteiger partial charge in [0.2, 0.25) is 0 Å². The van der Waals surface area contributed by atoms with Crippen LogP contribution in [0.5, 0.6) is 0 Å². The van der Waals surface area contributed by atoms with Crippen molar-refractivity contribution in [1.29, 1.82) is 0 Å². The molecule has 6 heteroatoms. The van der Waals surface area contributed by atoms with Gasteiger partial charge in [0.05, 0.1) is 6.42 Å². The van der Waals surface area contributed by atoms with Crippen LogP contribution in [0.4, 0.5) is 19.0 Å². The molecule has 1 aromatic rings. The zero-order valence-corrected chi connectivity index (χ0v) is 10.5. The second-order valence-electron chi connectivity index (χ2n) is 3.68. The summed E-state index contributed by atoms with van der Waals surface area (Å²) in [7, 11) is 0. The lowest BCUT2D eigenvalue weighted by molar-refractivity contribution is -0.136. The van der Waals surface area contributed by atoms with Crippen molar-refractivity contribution in [2.45, 2.75) is 32.5 Å². The predicted molar refractivity (Wildman–Crippen MR) is 60.4 cm³/mol. The summed E-state index contributed by atoms with van der Waals surface area (Å²) in [6.45, 7) is 3.27. The Balaban J connectivity index is 2.66. The van der Waals surface area contributed by atoms with E-state index in [9.17, 15) is 13.2 Å². The van der Waals surface area contributed by atoms with E-state index in [1.54, 1.807) is 19.2 Å². The maximum absolute atomic E-state index is 12.1. The van der Waals surface area contributed by atoms with Crippen molar-refractivity contribution >= 4 is 21.7 Å². The minimum absolute atomic E-state index is 0.486. The summed E-state index contributed by atoms with van der Waals surface area (Å²) in [5, 5.41) is 2.74. The number of aryl methyl sites for hydroxylation is 1. The summed E-state index contributed by atoms with van der Waals surface area (Å²) in [5.74, 6) is 0.486. The molecule has 0 aliphatic rings. The van der Waals surface area contributed by atoms with Gasteiger partial charge in [0.1, 0.15) is 5.82 Å². The van der Waals surface area contributed by atoms with Gasteiger partial charge in [0.25, 0.3) is 0 Å². The molecule has 1 aromatic heterocycles. The van der Waals surface area contributed by atoms with Crippen molar-refractivity contribution in [2.24, 2.45) is 0 Å². The first-order valence-electron chi connectivity index (χ1n) is 4.73. The number of halogens is 4. The minimum atomic E-state index is -4.16. The van der Waals surface area contributed by atoms with Crippen LogP contribution in [0.2, 0.25) is 0 Å². The average Bonchev–Trinajstić information content (AvgIpc) is 2.06. The van der Waals surface area contributed by atoms with Crippen LogP contribution in [0, 0.1) is 6.92 Å². The summed E-state index contributed by atoms with van der Waals surface area (Å²) >= 11 is 3.24. The van der Waals surface area contributed by atoms with Crippen molar-refractivity contribution in [3.05, 3.63) is 22.3 Å². The van der Waals surface area contributed by atoms with Crippen molar-refractivity contribution in [3.63, 3.8) is 0 Å². The molecule has 0 amide bonds. The highest BCUT2D eigenvalue weighted by Gasteiger charge is 2.30. The lowest BCUT2D eigenvalue weighted by atomic mass is 10.2. The van der Waals surface area contributed by atoms with Gasteiger partial charge in [0, 0.05) is 16.7 Å². The molecule has 0 aliphatic carbocycles. The van der Waals surface area contributed by atoms with E-state index < -0.39 is 18.6 Å². The number of hydrogen-bond donors (Lipinski definition) is 1. The quantitative estimate of drug-likeness (QED) is 0.915. The summed E-state index contributed by atoms with van der Waals surface area (Å²) in [6.07, 6.45) is -3.48. The normalized spacial score (nSPS) is 13.6. The van der Waals surface area contributed by atoms with E-state index in [2.05, 4.69) is 26.2 Å². The number of alkyl halides is 3. The Morgan fingerprint density at radius 2 is 2.12 bits per heavy atom. The standard InChI is InChI=1S/C10H12BrF3N2/c1-6-3-8(11)5-15-9(6)16-7(2)4-10(12,13)14/h3,5,7H,4H2,1-2H3,(H,15,16). The Labute approximate surface area is 100 Å². The molecule has 1 heterocycles. The first-order chi connectivity index (χ1) is 7.28. The average molecular weight is 297 g/mol. The fourth-order valence-corrected chi connectivity index (χ4v) is 1.77. The lowest BCUT2D eigenvalue weighted by Gasteiger charge is -2.17. The Bertz CT molecular complexity index is 366. The van der Waals surface area contributed by atoms with Crippen molar-refractivity contribution in [2.75, 3.05) is 5.32 Å². The first-order valence-corrected chi connectivity index (χ1v) is 5.52. The van der Waals surface area contributed by atoms with E-state index in [4.69, 9.17) is 0 Å². The van der Waals surface area contributed by atoms with Gasteiger partial charge >= 0.3 is 6.18 Å². The number of nitrogens with zero attached hydrogens (tertiary/aromatic N) is 1. The molecule has 16 heavy (non-hydrogen) atoms. The van der Waals surface area contributed by atoms with Crippen LogP contribution in [-0.4, -0.2) is 17.2 Å². The second kappa shape index (κ2) is 5.03. The molecule has 0 bridgehead atoms. The van der Waals surface area contributed by atoms with Crippen LogP contribution < -0.4 is 5.32 Å². The van der Waals surface area contributed by atoms with Gasteiger partial charge in [-0.1, -0.05) is 0 Å². The third-order valence-corrected chi connectivity index (χ3v) is 2.40. The Hall–Kier alpha value is -0.780. The highest BCUT2D eigenvalue weighted by Crippen LogP contribution is 2.24. The maximum Gasteiger partial charge on any atom is 0.391 e. The molecule has 1 rings (SSSR count). The lowest BCUT2D eigenvalue weighted by Crippen LogP contribution is -2.24. The second-order valence-corrected chi connectivity index (χ2v) is 4.60. The predicted octanol–water partition coefficient (Wildman–Crippen LogP) is 3.91. The third-order valence-electron chi connectivity index (χ3n) is 1.97. The number of aromatic nitrogens is 1. The van der Waals surface area contributed by atoms with E-state index in [0.717, 1.165) is 10.0 Å². The fourth-order valence-electron chi connectivity index (χ4n) is 1.32. The molecule has 0 aromatic carbocycles. The summed E-state index contributed by atoms with van der Waals surface area (Å²) < 4.78 is 37.1. The summed E-state index contributed by atoms with van der Waals surface area (Å²) in [5.41, 5.74) is 0.809. The van der Waals surface area contributed by atoms with Gasteiger partial charge in [-0.05, 0) is 41.4 Å². The molecule has 1 unspecified atom stereocenters. The molecule has 1 N–H and O–H groups in total. The largest absolute Gasteiger partial charge is 0.391 e. The van der Waals surface area contributed by atoms with Crippen LogP contribution in [0.3, 0.4) is 0 Å². The molecular formula is C10H12BrF3N2. The van der Waals surface area contributed by atoms with Gasteiger partial charge < -0.3 is 5.32 Å². The molecule has 0 radical (unpaired) electrons. The van der Waals surface area contributed by atoms with Crippen LogP contribution in [0.15, 0.2) is 16.7 Å². The highest BCUT2D eigenvalue weighted by atomic mass is 79.9. The van der Waals surface area contributed by atoms with Crippen LogP contribution in [-0.2, 0) is 0 Å². The Kier molecular flexibility index (Phi) is 4.18. The van der Waals surface area contributed by atoms with E-state index in [-0.39, 0.29) is 0 Å². The highest BCUT2D eigenvalue weighted by molar-refractivity contribution is 9.10. The van der Waals surface area contributed by atoms with Gasteiger partial charge in [0.15, 0.2) is 0 Å². The Morgan fingerprint density at radius 3 is 2.62 bits per heavy atom. The van der Waals surface area contributed by atoms with E-state index in [0.29, 0.717) is 5.82 Å². The minimum Gasteiger partial charge on any atom is -0.367 e. The van der Waals surface area contributed by atoms with E-state index in [1.165, 1.54) is 6.92 Å². The number of hydrogen-bond acceptors (Lipinski definition) is 2. The zero-order chi connectivity index (χ0) is 12.3. The monoisotopic (exact) mass is 296 g/mol. The van der Waals surface area contributed by atoms with Crippen LogP contribution in [0.1, 0.15) is 18.9 Å². The van der Waals surface area contributed by atoms with Gasteiger partial charge in [-0.15, -0.1) is 0 Å². The SMILES string of the molecule is Cc1cc(Br)cnc1NC(C)CC(F)(F)F. The molecule has 90 valence electrons. The van der Waals surface area contributed by atoms with Gasteiger partial charge in [-0.3, -0.25) is 0 Å². The first kappa shape index (κ1) is 13.3. The van der Waals surface area contributed by atoms with Crippen molar-refractivity contribution in [1.82, 2.24) is 4.98 Å². The Morgan fingerprint density at radius 1 is 1.50 bits per heavy atom. The van der Waals surface area contributed by atoms with Crippen molar-refractivity contribution in [3.8, 4) is 0 Å². The molecule has 2 nitrogen and oxygen atoms in total. The van der Waals surface area contributed by atoms with E-state index in [1.807, 2.05) is 0 Å². The van der Waals surface area contributed by atoms with Crippen LogP contribution in [0.25, 0.3) is 0 Å². The van der Waals surface area contributed by atoms with E-state index >= 15 is 0 Å². The van der Waals surface area contributed by atoms with Crippen LogP contribution >= 0.6 is 15.9 Å². The maximum atomic E-state index is 12.1. The van der Waals surface area contributed by atoms with Gasteiger partial charge in [-0.25, -0.2) is 4.98 Å². The zero-order valence-electron chi connectivity index (χ0n) is 8.90. The number of rotatable bonds is 3. The fraction of sp³-hybridized carbons (Fsp3) is 0.500. The number of pyridine rings is 1. The van der Waals surface area contributed by atoms with Crippen molar-refractivity contribution < 1.29 is 13.2 Å². The molecular weight excluding hydrogens is 285 g/mol. The molecule has 0 aliphatic heterocycles. The molecule has 0 saturated heterocycles. The topological polar surface area (TPSA) is 24.9 Å². The summed E-state index contributed by atoms with van der Waals surface area (Å²) in [4.78, 5) is 4.02. The molecule has 0 fully saturated rings. The smallest absolute Gasteiger partial charge is 0.367 e. The third kappa shape index (κ3) is 4.38. The number of nitrogens with one attached hydrogen (secondary N) is 1. The number of anilines is 1.